The molecule has 9 aromatic carbocycles. The van der Waals surface area contributed by atoms with Crippen LogP contribution in [0.25, 0.3) is 77.3 Å². The van der Waals surface area contributed by atoms with Gasteiger partial charge in [0.1, 0.15) is 0 Å². The second kappa shape index (κ2) is 12.1. The van der Waals surface area contributed by atoms with Gasteiger partial charge in [-0.25, -0.2) is 9.97 Å². The van der Waals surface area contributed by atoms with E-state index in [1.165, 1.54) is 75.8 Å². The molecule has 1 aliphatic carbocycles. The summed E-state index contributed by atoms with van der Waals surface area (Å²) in [7, 11) is 0. The molecule has 0 saturated carbocycles. The van der Waals surface area contributed by atoms with Crippen LogP contribution in [0, 0.1) is 0 Å². The van der Waals surface area contributed by atoms with Crippen LogP contribution < -0.4 is 0 Å². The van der Waals surface area contributed by atoms with Gasteiger partial charge < -0.3 is 0 Å². The predicted octanol–water partition coefficient (Wildman–Crippen LogP) is 13.8. The minimum atomic E-state index is -0.529. The zero-order chi connectivity index (χ0) is 36.8. The van der Waals surface area contributed by atoms with E-state index in [1.807, 2.05) is 36.0 Å². The van der Waals surface area contributed by atoms with Crippen molar-refractivity contribution in [1.82, 2.24) is 9.97 Å². The molecule has 0 unspecified atom stereocenters. The van der Waals surface area contributed by atoms with Crippen LogP contribution in [0.5, 0.6) is 0 Å². The molecule has 2 nitrogen and oxygen atoms in total. The standard InChI is InChI=1S/C53H32N2S/c1-2-15-37(16-3-1)52-54-47-24-11-9-20-43(47)49(55-52)36-27-25-35(26-28-36)38-21-12-22-42-41-19-8-10-23-44(41)53(48(38)42)45-31-29-33-13-4-6-17-39(33)50(45)56-51-40-18-7-5-14-34(40)30-32-46(51)53/h1-32H. The summed E-state index contributed by atoms with van der Waals surface area (Å²) in [6, 6.07) is 70.9. The summed E-state index contributed by atoms with van der Waals surface area (Å²) in [4.78, 5) is 12.8. The van der Waals surface area contributed by atoms with Crippen molar-refractivity contribution in [1.29, 1.82) is 0 Å². The van der Waals surface area contributed by atoms with E-state index in [0.29, 0.717) is 0 Å². The van der Waals surface area contributed by atoms with Crippen molar-refractivity contribution in [2.45, 2.75) is 15.2 Å². The highest BCUT2D eigenvalue weighted by Gasteiger charge is 2.52. The Morgan fingerprint density at radius 3 is 1.66 bits per heavy atom. The summed E-state index contributed by atoms with van der Waals surface area (Å²) in [6.07, 6.45) is 0. The quantitative estimate of drug-likeness (QED) is 0.181. The van der Waals surface area contributed by atoms with Crippen molar-refractivity contribution >= 4 is 44.2 Å². The van der Waals surface area contributed by atoms with Crippen LogP contribution in [-0.2, 0) is 5.41 Å². The highest BCUT2D eigenvalue weighted by Crippen LogP contribution is 2.65. The fourth-order valence-corrected chi connectivity index (χ4v) is 11.0. The summed E-state index contributed by atoms with van der Waals surface area (Å²) in [6.45, 7) is 0. The summed E-state index contributed by atoms with van der Waals surface area (Å²) >= 11 is 1.94. The van der Waals surface area contributed by atoms with Crippen LogP contribution in [0.15, 0.2) is 204 Å². The first kappa shape index (κ1) is 31.5. The second-order valence-corrected chi connectivity index (χ2v) is 15.8. The Morgan fingerprint density at radius 1 is 0.357 bits per heavy atom. The zero-order valence-corrected chi connectivity index (χ0v) is 31.1. The van der Waals surface area contributed by atoms with Crippen molar-refractivity contribution in [3.05, 3.63) is 216 Å². The van der Waals surface area contributed by atoms with E-state index >= 15 is 0 Å². The number of para-hydroxylation sites is 1. The summed E-state index contributed by atoms with van der Waals surface area (Å²) in [5.41, 5.74) is 13.8. The van der Waals surface area contributed by atoms with Crippen LogP contribution in [0.2, 0.25) is 0 Å². The smallest absolute Gasteiger partial charge is 0.160 e. The molecule has 3 heteroatoms. The van der Waals surface area contributed by atoms with Gasteiger partial charge in [0.25, 0.3) is 0 Å². The Bertz CT molecular complexity index is 3140. The number of rotatable bonds is 3. The fourth-order valence-electron chi connectivity index (χ4n) is 9.52. The SMILES string of the molecule is c1ccc(-c2nc(-c3ccc(-c4cccc5c4C4(c6ccccc6-5)c5ccc6ccccc6c5Sc5c4ccc4ccccc54)cc3)c3ccccc3n2)cc1. The average molecular weight is 729 g/mol. The number of hydrogen-bond donors (Lipinski definition) is 0. The van der Waals surface area contributed by atoms with Gasteiger partial charge >= 0.3 is 0 Å². The van der Waals surface area contributed by atoms with Gasteiger partial charge in [0.05, 0.1) is 16.6 Å². The van der Waals surface area contributed by atoms with Gasteiger partial charge in [0.15, 0.2) is 5.82 Å². The lowest BCUT2D eigenvalue weighted by atomic mass is 9.65. The molecule has 56 heavy (non-hydrogen) atoms. The average Bonchev–Trinajstić information content (AvgIpc) is 3.57. The monoisotopic (exact) mass is 728 g/mol. The summed E-state index contributed by atoms with van der Waals surface area (Å²) < 4.78 is 0. The lowest BCUT2D eigenvalue weighted by Crippen LogP contribution is -2.32. The lowest BCUT2D eigenvalue weighted by molar-refractivity contribution is 0.731. The normalized spacial score (nSPS) is 13.4. The maximum atomic E-state index is 5.18. The molecule has 1 aliphatic heterocycles. The van der Waals surface area contributed by atoms with Gasteiger partial charge in [-0.3, -0.25) is 0 Å². The number of fused-ring (bicyclic) bond motifs is 14. The Kier molecular flexibility index (Phi) is 6.81. The zero-order valence-electron chi connectivity index (χ0n) is 30.3. The van der Waals surface area contributed by atoms with Crippen LogP contribution in [0.3, 0.4) is 0 Å². The molecule has 1 aromatic heterocycles. The van der Waals surface area contributed by atoms with E-state index in [0.717, 1.165) is 33.5 Å². The maximum Gasteiger partial charge on any atom is 0.160 e. The van der Waals surface area contributed by atoms with Crippen molar-refractivity contribution in [3.63, 3.8) is 0 Å². The molecule has 2 heterocycles. The van der Waals surface area contributed by atoms with Crippen molar-refractivity contribution < 1.29 is 0 Å². The highest BCUT2D eigenvalue weighted by atomic mass is 32.2. The van der Waals surface area contributed by atoms with Crippen LogP contribution >= 0.6 is 11.8 Å². The van der Waals surface area contributed by atoms with Gasteiger partial charge in [-0.1, -0.05) is 200 Å². The first-order valence-electron chi connectivity index (χ1n) is 19.2. The Hall–Kier alpha value is -6.81. The topological polar surface area (TPSA) is 25.8 Å². The summed E-state index contributed by atoms with van der Waals surface area (Å²) in [5, 5.41) is 6.17. The van der Waals surface area contributed by atoms with Crippen molar-refractivity contribution in [2.24, 2.45) is 0 Å². The van der Waals surface area contributed by atoms with E-state index in [9.17, 15) is 0 Å². The van der Waals surface area contributed by atoms with Gasteiger partial charge in [-0.2, -0.15) is 0 Å². The maximum absolute atomic E-state index is 5.18. The van der Waals surface area contributed by atoms with Gasteiger partial charge in [-0.15, -0.1) is 0 Å². The third kappa shape index (κ3) is 4.40. The van der Waals surface area contributed by atoms with Gasteiger partial charge in [0.2, 0.25) is 0 Å². The van der Waals surface area contributed by atoms with Crippen molar-refractivity contribution in [2.75, 3.05) is 0 Å². The fraction of sp³-hybridized carbons (Fsp3) is 0.0189. The third-order valence-corrected chi connectivity index (χ3v) is 13.2. The molecule has 0 radical (unpaired) electrons. The first-order chi connectivity index (χ1) is 27.8. The largest absolute Gasteiger partial charge is 0.228 e. The molecule has 0 atom stereocenters. The van der Waals surface area contributed by atoms with E-state index in [-0.39, 0.29) is 0 Å². The molecule has 260 valence electrons. The molecular weight excluding hydrogens is 697 g/mol. The summed E-state index contributed by atoms with van der Waals surface area (Å²) in [5.74, 6) is 0.733. The van der Waals surface area contributed by atoms with Crippen LogP contribution in [0.4, 0.5) is 0 Å². The third-order valence-electron chi connectivity index (χ3n) is 11.9. The van der Waals surface area contributed by atoms with Gasteiger partial charge in [0, 0.05) is 26.3 Å². The van der Waals surface area contributed by atoms with Crippen molar-refractivity contribution in [3.8, 4) is 44.9 Å². The van der Waals surface area contributed by atoms with E-state index in [4.69, 9.17) is 9.97 Å². The molecular formula is C53H32N2S. The molecule has 1 spiro atoms. The minimum Gasteiger partial charge on any atom is -0.228 e. The molecule has 12 rings (SSSR count). The van der Waals surface area contributed by atoms with Crippen LogP contribution in [0.1, 0.15) is 22.3 Å². The van der Waals surface area contributed by atoms with E-state index < -0.39 is 5.41 Å². The number of nitrogens with zero attached hydrogens (tertiary/aromatic N) is 2. The predicted molar refractivity (Wildman–Crippen MR) is 232 cm³/mol. The Labute approximate surface area is 329 Å². The number of aromatic nitrogens is 2. The molecule has 0 N–H and O–H groups in total. The number of hydrogen-bond acceptors (Lipinski definition) is 3. The first-order valence-corrected chi connectivity index (χ1v) is 20.0. The lowest BCUT2D eigenvalue weighted by Gasteiger charge is -2.41. The Balaban J connectivity index is 1.12. The highest BCUT2D eigenvalue weighted by molar-refractivity contribution is 8.00. The van der Waals surface area contributed by atoms with E-state index in [2.05, 4.69) is 170 Å². The van der Waals surface area contributed by atoms with E-state index in [1.54, 1.807) is 0 Å². The molecule has 10 aromatic rings. The Morgan fingerprint density at radius 2 is 0.929 bits per heavy atom. The number of benzene rings is 9. The molecule has 0 bridgehead atoms. The molecule has 2 aliphatic rings. The second-order valence-electron chi connectivity index (χ2n) is 14.8. The minimum absolute atomic E-state index is 0.529. The van der Waals surface area contributed by atoms with Crippen LogP contribution in [-0.4, -0.2) is 9.97 Å². The molecule has 0 saturated heterocycles. The molecule has 0 amide bonds. The molecule has 0 fully saturated rings. The van der Waals surface area contributed by atoms with Gasteiger partial charge in [-0.05, 0) is 72.1 Å².